The Balaban J connectivity index is 1.74. The minimum atomic E-state index is -0.192. The van der Waals surface area contributed by atoms with Gasteiger partial charge >= 0.3 is 0 Å². The van der Waals surface area contributed by atoms with Gasteiger partial charge in [0.2, 0.25) is 0 Å². The van der Waals surface area contributed by atoms with Crippen molar-refractivity contribution in [2.45, 2.75) is 19.3 Å². The molecular formula is C21H19N4P. The van der Waals surface area contributed by atoms with E-state index in [9.17, 15) is 0 Å². The van der Waals surface area contributed by atoms with Crippen molar-refractivity contribution >= 4 is 8.19 Å². The minimum absolute atomic E-state index is 0.192. The number of hydrogen-bond acceptors (Lipinski definition) is 3. The Kier molecular flexibility index (Phi) is 4.36. The molecule has 0 unspecified atom stereocenters. The monoisotopic (exact) mass is 358 g/mol. The normalized spacial score (nSPS) is 11.8. The first kappa shape index (κ1) is 16.6. The van der Waals surface area contributed by atoms with Crippen LogP contribution in [0.3, 0.4) is 0 Å². The SMILES string of the molecule is CC(C)(c1cccc(-c2cccnc2)n1)c1cccc(-n2cccn2)p1. The quantitative estimate of drug-likeness (QED) is 0.501. The molecule has 0 bridgehead atoms. The van der Waals surface area contributed by atoms with E-state index in [2.05, 4.69) is 54.3 Å². The Morgan fingerprint density at radius 2 is 1.81 bits per heavy atom. The molecule has 4 aromatic rings. The first-order valence-corrected chi connectivity index (χ1v) is 9.39. The summed E-state index contributed by atoms with van der Waals surface area (Å²) in [5.74, 6) is 0. The molecule has 4 aromatic heterocycles. The number of pyridine rings is 2. The Hall–Kier alpha value is -2.84. The fourth-order valence-corrected chi connectivity index (χ4v) is 4.08. The van der Waals surface area contributed by atoms with Crippen LogP contribution < -0.4 is 0 Å². The standard InChI is InChI=1S/C21H19N4P/c1-21(2,19-10-4-11-20(26-19)25-14-6-13-23-25)18-9-3-8-17(24-18)16-7-5-12-22-15-16/h3-15H,1-2H3. The van der Waals surface area contributed by atoms with Crippen LogP contribution in [0.1, 0.15) is 24.8 Å². The first-order valence-electron chi connectivity index (χ1n) is 8.50. The first-order chi connectivity index (χ1) is 12.6. The summed E-state index contributed by atoms with van der Waals surface area (Å²) >= 11 is 0. The second kappa shape index (κ2) is 6.81. The van der Waals surface area contributed by atoms with Crippen LogP contribution in [0.15, 0.2) is 79.4 Å². The Labute approximate surface area is 154 Å². The smallest absolute Gasteiger partial charge is 0.0915 e. The molecule has 5 heteroatoms. The van der Waals surface area contributed by atoms with Crippen molar-refractivity contribution in [2.24, 2.45) is 0 Å². The number of nitrogens with zero attached hydrogens (tertiary/aromatic N) is 4. The summed E-state index contributed by atoms with van der Waals surface area (Å²) in [5.41, 5.74) is 3.98. The maximum atomic E-state index is 4.94. The predicted molar refractivity (Wildman–Crippen MR) is 106 cm³/mol. The van der Waals surface area contributed by atoms with Gasteiger partial charge in [0.15, 0.2) is 0 Å². The number of aromatic nitrogens is 4. The van der Waals surface area contributed by atoms with E-state index >= 15 is 0 Å². The van der Waals surface area contributed by atoms with Gasteiger partial charge in [0.05, 0.1) is 16.8 Å². The van der Waals surface area contributed by atoms with Gasteiger partial charge in [0, 0.05) is 35.8 Å². The molecule has 0 amide bonds. The molecule has 4 heterocycles. The van der Waals surface area contributed by atoms with Gasteiger partial charge in [-0.15, -0.1) is 0 Å². The summed E-state index contributed by atoms with van der Waals surface area (Å²) in [7, 11) is 1.14. The second-order valence-corrected chi connectivity index (χ2v) is 7.77. The van der Waals surface area contributed by atoms with Crippen molar-refractivity contribution in [3.8, 4) is 16.7 Å². The molecule has 0 saturated heterocycles. The van der Waals surface area contributed by atoms with E-state index in [-0.39, 0.29) is 5.41 Å². The molecule has 0 aliphatic heterocycles. The van der Waals surface area contributed by atoms with Crippen molar-refractivity contribution in [3.63, 3.8) is 0 Å². The highest BCUT2D eigenvalue weighted by atomic mass is 31.0. The second-order valence-electron chi connectivity index (χ2n) is 6.61. The van der Waals surface area contributed by atoms with Gasteiger partial charge in [0.25, 0.3) is 0 Å². The molecule has 128 valence electrons. The Morgan fingerprint density at radius 1 is 0.923 bits per heavy atom. The fourth-order valence-electron chi connectivity index (χ4n) is 2.89. The van der Waals surface area contributed by atoms with Gasteiger partial charge in [-0.05, 0) is 63.7 Å². The van der Waals surface area contributed by atoms with Crippen LogP contribution in [0.25, 0.3) is 16.7 Å². The molecule has 0 radical (unpaired) electrons. The van der Waals surface area contributed by atoms with E-state index in [4.69, 9.17) is 4.98 Å². The van der Waals surface area contributed by atoms with Gasteiger partial charge in [-0.3, -0.25) is 9.97 Å². The van der Waals surface area contributed by atoms with E-state index in [0.29, 0.717) is 0 Å². The predicted octanol–water partition coefficient (Wildman–Crippen LogP) is 5.24. The molecule has 0 fully saturated rings. The number of rotatable bonds is 4. The molecule has 0 spiro atoms. The summed E-state index contributed by atoms with van der Waals surface area (Å²) in [5, 5.41) is 5.65. The number of hydrogen-bond donors (Lipinski definition) is 0. The van der Waals surface area contributed by atoms with E-state index in [1.54, 1.807) is 12.4 Å². The van der Waals surface area contributed by atoms with Crippen molar-refractivity contribution < 1.29 is 0 Å². The molecular weight excluding hydrogens is 339 g/mol. The summed E-state index contributed by atoms with van der Waals surface area (Å²) in [6.07, 6.45) is 7.41. The van der Waals surface area contributed by atoms with Crippen molar-refractivity contribution in [2.75, 3.05) is 0 Å². The van der Waals surface area contributed by atoms with E-state index < -0.39 is 0 Å². The lowest BCUT2D eigenvalue weighted by molar-refractivity contribution is 0.630. The average Bonchev–Trinajstić information content (AvgIpc) is 3.24. The zero-order valence-corrected chi connectivity index (χ0v) is 15.6. The molecule has 0 aliphatic rings. The van der Waals surface area contributed by atoms with Crippen LogP contribution in [0, 0.1) is 0 Å². The molecule has 26 heavy (non-hydrogen) atoms. The third kappa shape index (κ3) is 3.16. The van der Waals surface area contributed by atoms with Gasteiger partial charge in [0.1, 0.15) is 0 Å². The third-order valence-corrected chi connectivity index (χ3v) is 5.99. The van der Waals surface area contributed by atoms with E-state index in [0.717, 1.165) is 30.6 Å². The van der Waals surface area contributed by atoms with Gasteiger partial charge < -0.3 is 0 Å². The lowest BCUT2D eigenvalue weighted by Gasteiger charge is -2.25. The van der Waals surface area contributed by atoms with Crippen LogP contribution >= 0.6 is 8.19 Å². The minimum Gasteiger partial charge on any atom is -0.264 e. The summed E-state index contributed by atoms with van der Waals surface area (Å²) < 4.78 is 1.92. The molecule has 0 aromatic carbocycles. The van der Waals surface area contributed by atoms with Crippen molar-refractivity contribution in [1.29, 1.82) is 0 Å². The summed E-state index contributed by atoms with van der Waals surface area (Å²) in [6, 6.07) is 18.5. The van der Waals surface area contributed by atoms with Crippen molar-refractivity contribution in [3.05, 3.63) is 90.4 Å². The van der Waals surface area contributed by atoms with Crippen LogP contribution in [-0.2, 0) is 5.41 Å². The molecule has 0 N–H and O–H groups in total. The highest BCUT2D eigenvalue weighted by Gasteiger charge is 2.26. The Bertz CT molecular complexity index is 1010. The maximum Gasteiger partial charge on any atom is 0.0915 e. The summed E-state index contributed by atoms with van der Waals surface area (Å²) in [6.45, 7) is 4.45. The lowest BCUT2D eigenvalue weighted by atomic mass is 9.86. The summed E-state index contributed by atoms with van der Waals surface area (Å²) in [4.78, 5) is 9.14. The van der Waals surface area contributed by atoms with E-state index in [1.807, 2.05) is 41.3 Å². The fraction of sp³-hybridized carbons (Fsp3) is 0.143. The van der Waals surface area contributed by atoms with Crippen LogP contribution in [0.4, 0.5) is 0 Å². The highest BCUT2D eigenvalue weighted by molar-refractivity contribution is 7.34. The average molecular weight is 358 g/mol. The topological polar surface area (TPSA) is 43.6 Å². The largest absolute Gasteiger partial charge is 0.264 e. The van der Waals surface area contributed by atoms with Crippen LogP contribution in [0.5, 0.6) is 0 Å². The molecule has 0 aliphatic carbocycles. The van der Waals surface area contributed by atoms with Gasteiger partial charge in [-0.2, -0.15) is 5.10 Å². The zero-order chi connectivity index (χ0) is 18.0. The van der Waals surface area contributed by atoms with Crippen molar-refractivity contribution in [1.82, 2.24) is 19.7 Å². The molecule has 0 saturated carbocycles. The molecule has 0 atom stereocenters. The molecule has 4 rings (SSSR count). The van der Waals surface area contributed by atoms with Gasteiger partial charge in [-0.25, -0.2) is 4.68 Å². The Morgan fingerprint density at radius 3 is 2.58 bits per heavy atom. The van der Waals surface area contributed by atoms with Crippen LogP contribution in [-0.4, -0.2) is 19.7 Å². The van der Waals surface area contributed by atoms with Gasteiger partial charge in [-0.1, -0.05) is 18.2 Å². The molecule has 4 nitrogen and oxygen atoms in total. The van der Waals surface area contributed by atoms with Crippen LogP contribution in [0.2, 0.25) is 0 Å². The maximum absolute atomic E-state index is 4.94. The highest BCUT2D eigenvalue weighted by Crippen LogP contribution is 2.38. The van der Waals surface area contributed by atoms with E-state index in [1.165, 1.54) is 5.30 Å². The third-order valence-electron chi connectivity index (χ3n) is 4.46. The zero-order valence-electron chi connectivity index (χ0n) is 14.7. The lowest BCUT2D eigenvalue weighted by Crippen LogP contribution is -2.19.